The molecular weight excluding hydrogens is 190 g/mol. The van der Waals surface area contributed by atoms with Gasteiger partial charge in [0.2, 0.25) is 0 Å². The summed E-state index contributed by atoms with van der Waals surface area (Å²) >= 11 is 0. The smallest absolute Gasteiger partial charge is 0.120 e. The van der Waals surface area contributed by atoms with E-state index in [1.807, 2.05) is 38.1 Å². The lowest BCUT2D eigenvalue weighted by atomic mass is 9.97. The van der Waals surface area contributed by atoms with Crippen molar-refractivity contribution >= 4 is 0 Å². The summed E-state index contributed by atoms with van der Waals surface area (Å²) in [7, 11) is 3.90. The third-order valence-electron chi connectivity index (χ3n) is 2.66. The molecule has 3 heteroatoms. The van der Waals surface area contributed by atoms with E-state index >= 15 is 0 Å². The second-order valence-electron chi connectivity index (χ2n) is 4.00. The van der Waals surface area contributed by atoms with Crippen LogP contribution < -0.4 is 0 Å². The van der Waals surface area contributed by atoms with E-state index in [1.54, 1.807) is 6.07 Å². The van der Waals surface area contributed by atoms with E-state index in [4.69, 9.17) is 5.11 Å². The molecule has 0 saturated heterocycles. The van der Waals surface area contributed by atoms with E-state index in [-0.39, 0.29) is 12.6 Å². The van der Waals surface area contributed by atoms with E-state index in [9.17, 15) is 5.11 Å². The number of aliphatic hydroxyl groups is 1. The van der Waals surface area contributed by atoms with Gasteiger partial charge in [-0.25, -0.2) is 0 Å². The van der Waals surface area contributed by atoms with E-state index in [2.05, 4.69) is 0 Å². The second kappa shape index (κ2) is 5.14. The molecule has 2 N–H and O–H groups in total. The molecule has 0 aliphatic carbocycles. The van der Waals surface area contributed by atoms with Gasteiger partial charge in [-0.2, -0.15) is 0 Å². The van der Waals surface area contributed by atoms with E-state index in [0.29, 0.717) is 12.2 Å². The SMILES string of the molecule is Cc1cccc(O)c1C(CCO)N(C)C. The minimum absolute atomic E-state index is 0.0659. The van der Waals surface area contributed by atoms with Crippen LogP contribution in [0.4, 0.5) is 0 Å². The Morgan fingerprint density at radius 2 is 2.00 bits per heavy atom. The van der Waals surface area contributed by atoms with Crippen molar-refractivity contribution in [2.45, 2.75) is 19.4 Å². The molecule has 0 aliphatic rings. The molecule has 1 aromatic carbocycles. The Labute approximate surface area is 91.0 Å². The molecule has 1 rings (SSSR count). The highest BCUT2D eigenvalue weighted by atomic mass is 16.3. The quantitative estimate of drug-likeness (QED) is 0.793. The van der Waals surface area contributed by atoms with Crippen LogP contribution in [0.2, 0.25) is 0 Å². The fraction of sp³-hybridized carbons (Fsp3) is 0.500. The Kier molecular flexibility index (Phi) is 4.12. The molecule has 1 unspecified atom stereocenters. The van der Waals surface area contributed by atoms with Gasteiger partial charge in [0.25, 0.3) is 0 Å². The van der Waals surface area contributed by atoms with Crippen LogP contribution in [0.5, 0.6) is 5.75 Å². The molecule has 0 aromatic heterocycles. The van der Waals surface area contributed by atoms with Gasteiger partial charge in [-0.1, -0.05) is 12.1 Å². The van der Waals surface area contributed by atoms with E-state index in [0.717, 1.165) is 11.1 Å². The van der Waals surface area contributed by atoms with Gasteiger partial charge in [-0.3, -0.25) is 0 Å². The zero-order valence-electron chi connectivity index (χ0n) is 9.57. The molecule has 0 bridgehead atoms. The molecule has 0 saturated carbocycles. The fourth-order valence-corrected chi connectivity index (χ4v) is 1.88. The third-order valence-corrected chi connectivity index (χ3v) is 2.66. The number of hydrogen-bond acceptors (Lipinski definition) is 3. The molecule has 0 amide bonds. The predicted octanol–water partition coefficient (Wildman–Crippen LogP) is 1.69. The monoisotopic (exact) mass is 209 g/mol. The number of benzene rings is 1. The summed E-state index contributed by atoms with van der Waals surface area (Å²) in [6.07, 6.45) is 0.630. The molecule has 0 spiro atoms. The lowest BCUT2D eigenvalue weighted by Crippen LogP contribution is -2.22. The number of aromatic hydroxyl groups is 1. The van der Waals surface area contributed by atoms with Crippen molar-refractivity contribution in [1.29, 1.82) is 0 Å². The lowest BCUT2D eigenvalue weighted by molar-refractivity contribution is 0.207. The predicted molar refractivity (Wildman–Crippen MR) is 61.0 cm³/mol. The summed E-state index contributed by atoms with van der Waals surface area (Å²) in [5.41, 5.74) is 1.97. The molecule has 0 radical (unpaired) electrons. The van der Waals surface area contributed by atoms with Crippen molar-refractivity contribution in [2.24, 2.45) is 0 Å². The molecule has 0 aliphatic heterocycles. The highest BCUT2D eigenvalue weighted by molar-refractivity contribution is 5.40. The molecule has 1 aromatic rings. The van der Waals surface area contributed by atoms with E-state index in [1.165, 1.54) is 0 Å². The van der Waals surface area contributed by atoms with Crippen LogP contribution in [0.3, 0.4) is 0 Å². The average Bonchev–Trinajstić information content (AvgIpc) is 2.15. The Hall–Kier alpha value is -1.06. The Balaban J connectivity index is 3.10. The van der Waals surface area contributed by atoms with Crippen LogP contribution in [-0.4, -0.2) is 35.8 Å². The maximum absolute atomic E-state index is 9.83. The van der Waals surface area contributed by atoms with Crippen molar-refractivity contribution in [3.63, 3.8) is 0 Å². The highest BCUT2D eigenvalue weighted by Gasteiger charge is 2.18. The van der Waals surface area contributed by atoms with Crippen molar-refractivity contribution in [3.05, 3.63) is 29.3 Å². The number of rotatable bonds is 4. The van der Waals surface area contributed by atoms with Crippen molar-refractivity contribution in [3.8, 4) is 5.75 Å². The molecule has 15 heavy (non-hydrogen) atoms. The lowest BCUT2D eigenvalue weighted by Gasteiger charge is -2.26. The van der Waals surface area contributed by atoms with Crippen LogP contribution in [0.15, 0.2) is 18.2 Å². The highest BCUT2D eigenvalue weighted by Crippen LogP contribution is 2.32. The third kappa shape index (κ3) is 2.70. The van der Waals surface area contributed by atoms with Gasteiger partial charge in [-0.15, -0.1) is 0 Å². The van der Waals surface area contributed by atoms with Crippen LogP contribution in [0.25, 0.3) is 0 Å². The zero-order valence-corrected chi connectivity index (χ0v) is 9.57. The first-order valence-electron chi connectivity index (χ1n) is 5.13. The largest absolute Gasteiger partial charge is 0.508 e. The minimum Gasteiger partial charge on any atom is -0.508 e. The Morgan fingerprint density at radius 1 is 1.33 bits per heavy atom. The second-order valence-corrected chi connectivity index (χ2v) is 4.00. The first kappa shape index (κ1) is 12.0. The van der Waals surface area contributed by atoms with Crippen molar-refractivity contribution < 1.29 is 10.2 Å². The summed E-state index contributed by atoms with van der Waals surface area (Å²) < 4.78 is 0. The summed E-state index contributed by atoms with van der Waals surface area (Å²) in [4.78, 5) is 2.01. The molecule has 1 atom stereocenters. The number of nitrogens with zero attached hydrogens (tertiary/aromatic N) is 1. The molecule has 0 heterocycles. The number of aliphatic hydroxyl groups excluding tert-OH is 1. The number of hydrogen-bond donors (Lipinski definition) is 2. The average molecular weight is 209 g/mol. The fourth-order valence-electron chi connectivity index (χ4n) is 1.88. The van der Waals surface area contributed by atoms with Gasteiger partial charge < -0.3 is 15.1 Å². The van der Waals surface area contributed by atoms with Gasteiger partial charge >= 0.3 is 0 Å². The topological polar surface area (TPSA) is 43.7 Å². The summed E-state index contributed by atoms with van der Waals surface area (Å²) in [6, 6.07) is 5.56. The standard InChI is InChI=1S/C12H19NO2/c1-9-5-4-6-11(15)12(9)10(7-8-14)13(2)3/h4-6,10,14-15H,7-8H2,1-3H3. The van der Waals surface area contributed by atoms with E-state index < -0.39 is 0 Å². The molecular formula is C12H19NO2. The number of phenols is 1. The van der Waals surface area contributed by atoms with Crippen LogP contribution in [0.1, 0.15) is 23.6 Å². The Morgan fingerprint density at radius 3 is 2.47 bits per heavy atom. The van der Waals surface area contributed by atoms with Crippen LogP contribution >= 0.6 is 0 Å². The zero-order chi connectivity index (χ0) is 11.4. The normalized spacial score (nSPS) is 13.1. The van der Waals surface area contributed by atoms with Gasteiger partial charge in [0.05, 0.1) is 0 Å². The van der Waals surface area contributed by atoms with Gasteiger partial charge in [-0.05, 0) is 39.1 Å². The minimum atomic E-state index is 0.0659. The Bertz CT molecular complexity index is 303. The molecule has 0 fully saturated rings. The van der Waals surface area contributed by atoms with Crippen LogP contribution in [0, 0.1) is 6.92 Å². The van der Waals surface area contributed by atoms with Gasteiger partial charge in [0.1, 0.15) is 5.75 Å². The first-order valence-corrected chi connectivity index (χ1v) is 5.13. The summed E-state index contributed by atoms with van der Waals surface area (Å²) in [5, 5.41) is 18.8. The first-order chi connectivity index (χ1) is 7.07. The summed E-state index contributed by atoms with van der Waals surface area (Å²) in [6.45, 7) is 2.10. The molecule has 3 nitrogen and oxygen atoms in total. The van der Waals surface area contributed by atoms with Gasteiger partial charge in [0, 0.05) is 18.2 Å². The van der Waals surface area contributed by atoms with Crippen molar-refractivity contribution in [2.75, 3.05) is 20.7 Å². The molecule has 84 valence electrons. The maximum Gasteiger partial charge on any atom is 0.120 e. The summed E-state index contributed by atoms with van der Waals surface area (Å²) in [5.74, 6) is 0.308. The number of aryl methyl sites for hydroxylation is 1. The van der Waals surface area contributed by atoms with Crippen molar-refractivity contribution in [1.82, 2.24) is 4.90 Å². The maximum atomic E-state index is 9.83. The van der Waals surface area contributed by atoms with Gasteiger partial charge in [0.15, 0.2) is 0 Å². The van der Waals surface area contributed by atoms with Crippen LogP contribution in [-0.2, 0) is 0 Å². The number of phenolic OH excluding ortho intramolecular Hbond substituents is 1.